The third-order valence-electron chi connectivity index (χ3n) is 4.01. The molecule has 0 saturated carbocycles. The normalized spacial score (nSPS) is 28.0. The van der Waals surface area contributed by atoms with Gasteiger partial charge in [-0.25, -0.2) is 9.00 Å². The number of carbonyl (C=O) groups excluding carboxylic acids is 4. The number of hydrogen-bond donors (Lipinski definition) is 2. The smallest absolute Gasteiger partial charge is 0.322 e. The largest absolute Gasteiger partial charge is 0.322 e. The number of halogens is 1. The summed E-state index contributed by atoms with van der Waals surface area (Å²) in [7, 11) is -2.93. The molecule has 0 radical (unpaired) electrons. The van der Waals surface area contributed by atoms with Crippen molar-refractivity contribution >= 4 is 60.6 Å². The Kier molecular flexibility index (Phi) is 4.82. The van der Waals surface area contributed by atoms with E-state index in [4.69, 9.17) is 0 Å². The van der Waals surface area contributed by atoms with Crippen molar-refractivity contribution < 1.29 is 23.4 Å². The number of thiophene rings is 1. The fourth-order valence-corrected chi connectivity index (χ4v) is 6.73. The second kappa shape index (κ2) is 6.61. The molecule has 0 aromatic carbocycles. The molecular weight excluding hydrogens is 434 g/mol. The summed E-state index contributed by atoms with van der Waals surface area (Å²) in [4.78, 5) is 47.7. The van der Waals surface area contributed by atoms with Gasteiger partial charge in [0.2, 0.25) is 0 Å². The molecular formula is C14H14BrN3O5S2. The lowest BCUT2D eigenvalue weighted by atomic mass is 10.0. The standard InChI is InChI=1S/C14H14BrN3O5S2/c15-8-5-10(24-6-8)9(19)1-2-11(20)18-25(23)4-3-14(7-25)12(21)16-13(22)17-14/h5-6H,1-4,7H2,(H2,16,17,21,22). The molecule has 134 valence electrons. The Bertz CT molecular complexity index is 902. The predicted molar refractivity (Wildman–Crippen MR) is 94.9 cm³/mol. The van der Waals surface area contributed by atoms with Gasteiger partial charge in [0.05, 0.1) is 20.4 Å². The van der Waals surface area contributed by atoms with Crippen molar-refractivity contribution in [1.29, 1.82) is 0 Å². The summed E-state index contributed by atoms with van der Waals surface area (Å²) < 4.78 is 17.3. The minimum atomic E-state index is -2.93. The number of carbonyl (C=O) groups is 4. The third kappa shape index (κ3) is 3.82. The topological polar surface area (TPSA) is 122 Å². The number of hydrogen-bond acceptors (Lipinski definition) is 6. The maximum Gasteiger partial charge on any atom is 0.322 e. The zero-order valence-electron chi connectivity index (χ0n) is 12.9. The lowest BCUT2D eigenvalue weighted by Crippen LogP contribution is -2.47. The minimum absolute atomic E-state index is 0.0207. The monoisotopic (exact) mass is 447 g/mol. The van der Waals surface area contributed by atoms with Gasteiger partial charge in [-0.1, -0.05) is 0 Å². The Hall–Kier alpha value is -1.59. The number of nitrogens with one attached hydrogen (secondary N) is 2. The Labute approximate surface area is 156 Å². The molecule has 2 atom stereocenters. The van der Waals surface area contributed by atoms with Gasteiger partial charge in [-0.05, 0) is 28.4 Å². The zero-order chi connectivity index (χ0) is 18.2. The highest BCUT2D eigenvalue weighted by Gasteiger charge is 2.52. The van der Waals surface area contributed by atoms with E-state index in [9.17, 15) is 23.4 Å². The van der Waals surface area contributed by atoms with E-state index in [-0.39, 0.29) is 36.6 Å². The van der Waals surface area contributed by atoms with Crippen LogP contribution in [0.4, 0.5) is 4.79 Å². The highest BCUT2D eigenvalue weighted by molar-refractivity contribution is 9.10. The molecule has 3 heterocycles. The number of ketones is 1. The maximum atomic E-state index is 12.7. The number of nitrogens with zero attached hydrogens (tertiary/aromatic N) is 1. The molecule has 1 aromatic heterocycles. The first-order valence-corrected chi connectivity index (χ1v) is 10.9. The first kappa shape index (κ1) is 18.2. The van der Waals surface area contributed by atoms with E-state index >= 15 is 0 Å². The van der Waals surface area contributed by atoms with Crippen LogP contribution in [0, 0.1) is 0 Å². The van der Waals surface area contributed by atoms with Crippen molar-refractivity contribution in [2.75, 3.05) is 11.5 Å². The van der Waals surface area contributed by atoms with E-state index in [1.807, 2.05) is 0 Å². The Morgan fingerprint density at radius 2 is 2.12 bits per heavy atom. The molecule has 4 amide bonds. The summed E-state index contributed by atoms with van der Waals surface area (Å²) in [5.74, 6) is -1.48. The zero-order valence-corrected chi connectivity index (χ0v) is 16.1. The van der Waals surface area contributed by atoms with Crippen molar-refractivity contribution in [3.05, 3.63) is 20.8 Å². The first-order valence-electron chi connectivity index (χ1n) is 7.38. The second-order valence-electron chi connectivity index (χ2n) is 5.90. The summed E-state index contributed by atoms with van der Waals surface area (Å²) in [5.41, 5.74) is -1.24. The van der Waals surface area contributed by atoms with Gasteiger partial charge in [0.15, 0.2) is 5.78 Å². The van der Waals surface area contributed by atoms with Gasteiger partial charge in [0, 0.05) is 28.4 Å². The minimum Gasteiger partial charge on any atom is -0.322 e. The lowest BCUT2D eigenvalue weighted by Gasteiger charge is -2.16. The number of imide groups is 1. The van der Waals surface area contributed by atoms with Crippen LogP contribution in [0.25, 0.3) is 0 Å². The van der Waals surface area contributed by atoms with E-state index in [0.717, 1.165) is 4.47 Å². The quantitative estimate of drug-likeness (QED) is 0.534. The fraction of sp³-hybridized carbons (Fsp3) is 0.429. The third-order valence-corrected chi connectivity index (χ3v) is 8.07. The van der Waals surface area contributed by atoms with E-state index < -0.39 is 33.1 Å². The summed E-state index contributed by atoms with van der Waals surface area (Å²) >= 11 is 4.53. The number of rotatable bonds is 4. The van der Waals surface area contributed by atoms with Crippen LogP contribution in [0.5, 0.6) is 0 Å². The summed E-state index contributed by atoms with van der Waals surface area (Å²) in [6.45, 7) is 0. The Morgan fingerprint density at radius 3 is 2.72 bits per heavy atom. The van der Waals surface area contributed by atoms with Gasteiger partial charge >= 0.3 is 6.03 Å². The van der Waals surface area contributed by atoms with Crippen molar-refractivity contribution in [2.45, 2.75) is 24.8 Å². The van der Waals surface area contributed by atoms with Crippen molar-refractivity contribution in [3.63, 3.8) is 0 Å². The van der Waals surface area contributed by atoms with Crippen molar-refractivity contribution in [3.8, 4) is 0 Å². The molecule has 25 heavy (non-hydrogen) atoms. The van der Waals surface area contributed by atoms with Crippen LogP contribution in [0.3, 0.4) is 0 Å². The molecule has 11 heteroatoms. The highest BCUT2D eigenvalue weighted by Crippen LogP contribution is 2.28. The van der Waals surface area contributed by atoms with Gasteiger partial charge in [0.1, 0.15) is 5.54 Å². The number of amides is 4. The molecule has 2 aliphatic rings. The van der Waals surface area contributed by atoms with Gasteiger partial charge < -0.3 is 5.32 Å². The van der Waals surface area contributed by atoms with Gasteiger partial charge in [0.25, 0.3) is 11.8 Å². The highest BCUT2D eigenvalue weighted by atomic mass is 79.9. The van der Waals surface area contributed by atoms with Gasteiger partial charge in [-0.2, -0.15) is 4.36 Å². The van der Waals surface area contributed by atoms with Crippen LogP contribution >= 0.6 is 27.3 Å². The Balaban J connectivity index is 1.63. The molecule has 1 aromatic rings. The maximum absolute atomic E-state index is 12.7. The average molecular weight is 448 g/mol. The van der Waals surface area contributed by atoms with E-state index in [2.05, 4.69) is 30.9 Å². The first-order chi connectivity index (χ1) is 11.7. The van der Waals surface area contributed by atoms with Crippen LogP contribution < -0.4 is 10.6 Å². The Morgan fingerprint density at radius 1 is 1.36 bits per heavy atom. The molecule has 3 rings (SSSR count). The van der Waals surface area contributed by atoms with Crippen molar-refractivity contribution in [2.24, 2.45) is 4.36 Å². The van der Waals surface area contributed by atoms with Crippen LogP contribution in [0.1, 0.15) is 28.9 Å². The van der Waals surface area contributed by atoms with E-state index in [1.54, 1.807) is 11.4 Å². The summed E-state index contributed by atoms with van der Waals surface area (Å²) in [5, 5.41) is 6.36. The van der Waals surface area contributed by atoms with Crippen LogP contribution in [0.15, 0.2) is 20.3 Å². The molecule has 2 saturated heterocycles. The molecule has 0 bridgehead atoms. The second-order valence-corrected chi connectivity index (χ2v) is 10.2. The number of Topliss-reactive ketones (excluding diaryl/α,β-unsaturated/α-hetero) is 1. The summed E-state index contributed by atoms with van der Waals surface area (Å²) in [6, 6.07) is 1.05. The molecule has 2 N–H and O–H groups in total. The van der Waals surface area contributed by atoms with Crippen LogP contribution in [-0.4, -0.2) is 44.9 Å². The number of urea groups is 1. The van der Waals surface area contributed by atoms with Gasteiger partial charge in [-0.15, -0.1) is 11.3 Å². The molecule has 2 fully saturated rings. The molecule has 8 nitrogen and oxygen atoms in total. The molecule has 0 aliphatic carbocycles. The van der Waals surface area contributed by atoms with Crippen molar-refractivity contribution in [1.82, 2.24) is 10.6 Å². The van der Waals surface area contributed by atoms with Crippen LogP contribution in [-0.2, 0) is 19.3 Å². The predicted octanol–water partition coefficient (Wildman–Crippen LogP) is 1.45. The average Bonchev–Trinajstić information content (AvgIpc) is 3.16. The molecule has 2 unspecified atom stereocenters. The van der Waals surface area contributed by atoms with Gasteiger partial charge in [-0.3, -0.25) is 19.7 Å². The molecule has 2 aliphatic heterocycles. The summed E-state index contributed by atoms with van der Waals surface area (Å²) in [6.07, 6.45) is 0.00636. The SMILES string of the molecule is O=C(CCC(=O)c1cc(Br)cs1)N=S1(=O)CCC2(C1)NC(=O)NC2=O. The van der Waals surface area contributed by atoms with Crippen LogP contribution in [0.2, 0.25) is 0 Å². The van der Waals surface area contributed by atoms with E-state index in [0.29, 0.717) is 4.88 Å². The lowest BCUT2D eigenvalue weighted by molar-refractivity contribution is -0.123. The van der Waals surface area contributed by atoms with E-state index in [1.165, 1.54) is 11.3 Å². The molecule has 1 spiro atoms. The fourth-order valence-electron chi connectivity index (χ4n) is 2.78.